The lowest BCUT2D eigenvalue weighted by atomic mass is 9.92. The maximum atomic E-state index is 14.2. The number of hydrogen-bond donors (Lipinski definition) is 9. The van der Waals surface area contributed by atoms with Gasteiger partial charge in [0.25, 0.3) is 0 Å². The first kappa shape index (κ1) is 73.8. The Balaban J connectivity index is 3.21. The number of esters is 1. The summed E-state index contributed by atoms with van der Waals surface area (Å²) in [6.07, 6.45) is 8.07. The van der Waals surface area contributed by atoms with Gasteiger partial charge in [-0.2, -0.15) is 0 Å². The molecule has 0 saturated carbocycles. The van der Waals surface area contributed by atoms with Crippen molar-refractivity contribution in [2.24, 2.45) is 29.4 Å². The van der Waals surface area contributed by atoms with E-state index in [4.69, 9.17) is 10.5 Å². The standard InChI is InChI=1S/C59H108N10O12/c1-18-21-22-23-24-25-27-39(8)53(77)69-29-26-28-45(69)50(74)62-44(33-37(6)32-43(71)34-42(70)20-3)49(73)61-41(10)48(72)65-57(11,12)54(78)64-47(38(7)19-2)51(75)63-46(36(4)5)52(76)66-58(13,14)55(79)67-59(15,16)56(80)81-31-30-68(17)35-40(9)60/h36-41,43-47,71H,18-35,60H2,1-17H3,(H,61,73)(H,62,74)(H,63,75)(H,64,78)(H,65,72)(H,66,76)(H,67,79)/t37?,38-,39?,40?,41-,43?,44?,45-,46-,47-/m0/s1. The van der Waals surface area contributed by atoms with Crippen LogP contribution in [0.1, 0.15) is 201 Å². The van der Waals surface area contributed by atoms with Crippen LogP contribution in [0, 0.1) is 23.7 Å². The summed E-state index contributed by atoms with van der Waals surface area (Å²) < 4.78 is 5.43. The summed E-state index contributed by atoms with van der Waals surface area (Å²) in [5, 5.41) is 29.7. The van der Waals surface area contributed by atoms with Gasteiger partial charge in [-0.15, -0.1) is 0 Å². The zero-order valence-corrected chi connectivity index (χ0v) is 52.5. The van der Waals surface area contributed by atoms with E-state index >= 15 is 0 Å². The normalized spacial score (nSPS) is 17.3. The van der Waals surface area contributed by atoms with Gasteiger partial charge in [-0.25, -0.2) is 4.79 Å². The van der Waals surface area contributed by atoms with E-state index in [-0.39, 0.29) is 61.9 Å². The molecule has 1 heterocycles. The first-order valence-corrected chi connectivity index (χ1v) is 29.9. The Kier molecular flexibility index (Phi) is 31.9. The number of likely N-dealkylation sites (tertiary alicyclic amines) is 1. The minimum absolute atomic E-state index is 0.0307. The lowest BCUT2D eigenvalue weighted by Gasteiger charge is -2.34. The molecule has 466 valence electrons. The van der Waals surface area contributed by atoms with Crippen LogP contribution in [0.4, 0.5) is 0 Å². The number of amides is 8. The minimum Gasteiger partial charge on any atom is -0.463 e. The van der Waals surface area contributed by atoms with E-state index in [1.165, 1.54) is 54.9 Å². The van der Waals surface area contributed by atoms with Gasteiger partial charge >= 0.3 is 5.97 Å². The Morgan fingerprint density at radius 1 is 0.691 bits per heavy atom. The molecule has 0 bridgehead atoms. The molecule has 10 atom stereocenters. The Bertz CT molecular complexity index is 2080. The molecule has 1 aliphatic rings. The van der Waals surface area contributed by atoms with Gasteiger partial charge in [0.05, 0.1) is 6.10 Å². The molecule has 1 aliphatic heterocycles. The van der Waals surface area contributed by atoms with Crippen molar-refractivity contribution < 1.29 is 57.8 Å². The molecule has 0 radical (unpaired) electrons. The first-order chi connectivity index (χ1) is 37.5. The van der Waals surface area contributed by atoms with Crippen molar-refractivity contribution in [1.29, 1.82) is 0 Å². The Labute approximate surface area is 484 Å². The molecule has 22 heteroatoms. The number of hydrogen-bond acceptors (Lipinski definition) is 14. The summed E-state index contributed by atoms with van der Waals surface area (Å²) in [6, 6.07) is -5.74. The summed E-state index contributed by atoms with van der Waals surface area (Å²) >= 11 is 0. The quantitative estimate of drug-likeness (QED) is 0.0315. The molecule has 0 spiro atoms. The first-order valence-electron chi connectivity index (χ1n) is 29.9. The number of ether oxygens (including phenoxy) is 1. The fraction of sp³-hybridized carbons (Fsp3) is 0.831. The molecule has 10 N–H and O–H groups in total. The summed E-state index contributed by atoms with van der Waals surface area (Å²) in [4.78, 5) is 140. The third-order valence-corrected chi connectivity index (χ3v) is 15.1. The van der Waals surface area contributed by atoms with Crippen molar-refractivity contribution in [2.75, 3.05) is 33.3 Å². The van der Waals surface area contributed by atoms with Crippen LogP contribution in [0.25, 0.3) is 0 Å². The number of Topliss-reactive ketones (excluding diaryl/α,β-unsaturated/α-hetero) is 1. The summed E-state index contributed by atoms with van der Waals surface area (Å²) in [7, 11) is 1.84. The van der Waals surface area contributed by atoms with Gasteiger partial charge in [-0.05, 0) is 112 Å². The highest BCUT2D eigenvalue weighted by Gasteiger charge is 2.42. The Morgan fingerprint density at radius 3 is 1.86 bits per heavy atom. The van der Waals surface area contributed by atoms with E-state index in [2.05, 4.69) is 44.1 Å². The summed E-state index contributed by atoms with van der Waals surface area (Å²) in [6.45, 7) is 27.9. The van der Waals surface area contributed by atoms with Crippen molar-refractivity contribution in [1.82, 2.24) is 47.0 Å². The van der Waals surface area contributed by atoms with Gasteiger partial charge in [0, 0.05) is 44.4 Å². The summed E-state index contributed by atoms with van der Waals surface area (Å²) in [5.41, 5.74) is 1.12. The van der Waals surface area contributed by atoms with Crippen molar-refractivity contribution in [2.45, 2.75) is 260 Å². The fourth-order valence-electron chi connectivity index (χ4n) is 9.54. The summed E-state index contributed by atoms with van der Waals surface area (Å²) in [5.74, 6) is -7.42. The second kappa shape index (κ2) is 35.0. The number of carbonyl (C=O) groups excluding carboxylic acids is 10. The maximum Gasteiger partial charge on any atom is 0.331 e. The van der Waals surface area contributed by atoms with Crippen molar-refractivity contribution >= 4 is 59.0 Å². The number of unbranched alkanes of at least 4 members (excludes halogenated alkanes) is 5. The van der Waals surface area contributed by atoms with Crippen LogP contribution in [0.3, 0.4) is 0 Å². The van der Waals surface area contributed by atoms with Gasteiger partial charge in [0.15, 0.2) is 0 Å². The van der Waals surface area contributed by atoms with Crippen LogP contribution in [0.15, 0.2) is 0 Å². The van der Waals surface area contributed by atoms with Gasteiger partial charge in [-0.1, -0.05) is 100 Å². The number of carbonyl (C=O) groups is 10. The largest absolute Gasteiger partial charge is 0.463 e. The van der Waals surface area contributed by atoms with E-state index in [9.17, 15) is 53.1 Å². The van der Waals surface area contributed by atoms with Crippen LogP contribution in [0.2, 0.25) is 0 Å². The van der Waals surface area contributed by atoms with E-state index in [0.717, 1.165) is 32.1 Å². The number of nitrogens with one attached hydrogen (secondary N) is 7. The molecule has 1 rings (SSSR count). The second-order valence-electron chi connectivity index (χ2n) is 25.0. The molecule has 8 amide bonds. The third-order valence-electron chi connectivity index (χ3n) is 15.1. The van der Waals surface area contributed by atoms with Crippen LogP contribution in [-0.4, -0.2) is 166 Å². The second-order valence-corrected chi connectivity index (χ2v) is 25.0. The Hall–Kier alpha value is -5.22. The zero-order valence-electron chi connectivity index (χ0n) is 52.5. The van der Waals surface area contributed by atoms with Crippen LogP contribution in [-0.2, 0) is 52.7 Å². The number of aliphatic hydroxyl groups is 1. The molecule has 22 nitrogen and oxygen atoms in total. The van der Waals surface area contributed by atoms with Crippen molar-refractivity contribution in [3.8, 4) is 0 Å². The van der Waals surface area contributed by atoms with Gasteiger partial charge < -0.3 is 62.6 Å². The number of nitrogens with zero attached hydrogens (tertiary/aromatic N) is 2. The maximum absolute atomic E-state index is 14.2. The molecule has 0 aromatic carbocycles. The SMILES string of the molecule is CCCCCCCCC(C)C(=O)N1CCC[C@H]1C(=O)NC(CC(C)CC(O)CC(=O)CC)C(=O)N[C@@H](C)C(=O)NC(C)(C)C(=O)N[C@H](C(=O)N[C@H](C(=O)NC(C)(C)C(=O)NC(C)(C)C(=O)OCCN(C)CC(C)N)C(C)C)[C@@H](C)CC. The number of likely N-dealkylation sites (N-methyl/N-ethyl adjacent to an activating group) is 1. The lowest BCUT2D eigenvalue weighted by Crippen LogP contribution is -2.65. The average Bonchev–Trinajstić information content (AvgIpc) is 3.94. The molecule has 81 heavy (non-hydrogen) atoms. The molecular weight excluding hydrogens is 1040 g/mol. The number of nitrogens with two attached hydrogens (primary N) is 1. The van der Waals surface area contributed by atoms with Gasteiger partial charge in [-0.3, -0.25) is 43.2 Å². The Morgan fingerprint density at radius 2 is 1.28 bits per heavy atom. The molecule has 0 aromatic rings. The predicted octanol–water partition coefficient (Wildman–Crippen LogP) is 3.68. The van der Waals surface area contributed by atoms with Gasteiger partial charge in [0.2, 0.25) is 47.3 Å². The average molecular weight is 1150 g/mol. The smallest absolute Gasteiger partial charge is 0.331 e. The highest BCUT2D eigenvalue weighted by Crippen LogP contribution is 2.24. The van der Waals surface area contributed by atoms with E-state index in [0.29, 0.717) is 45.3 Å². The highest BCUT2D eigenvalue weighted by atomic mass is 16.5. The molecular formula is C59H108N10O12. The van der Waals surface area contributed by atoms with Gasteiger partial charge in [0.1, 0.15) is 59.2 Å². The minimum atomic E-state index is -1.67. The van der Waals surface area contributed by atoms with Crippen molar-refractivity contribution in [3.05, 3.63) is 0 Å². The molecule has 0 aliphatic carbocycles. The van der Waals surface area contributed by atoms with E-state index < -0.39 is 112 Å². The third kappa shape index (κ3) is 25.9. The molecule has 0 aromatic heterocycles. The van der Waals surface area contributed by atoms with Crippen LogP contribution in [0.5, 0.6) is 0 Å². The van der Waals surface area contributed by atoms with Crippen LogP contribution >= 0.6 is 0 Å². The number of aliphatic hydroxyl groups excluding tert-OH is 1. The molecule has 1 saturated heterocycles. The number of rotatable bonds is 38. The van der Waals surface area contributed by atoms with E-state index in [1.54, 1.807) is 39.5 Å². The lowest BCUT2D eigenvalue weighted by molar-refractivity contribution is -0.153. The molecule has 1 fully saturated rings. The number of ketones is 1. The molecule has 5 unspecified atom stereocenters. The van der Waals surface area contributed by atoms with E-state index in [1.807, 2.05) is 32.7 Å². The highest BCUT2D eigenvalue weighted by molar-refractivity contribution is 5.99. The topological polar surface area (TPSA) is 317 Å². The van der Waals surface area contributed by atoms with Crippen LogP contribution < -0.4 is 43.0 Å². The monoisotopic (exact) mass is 1150 g/mol. The zero-order chi connectivity index (χ0) is 62.2. The van der Waals surface area contributed by atoms with Crippen molar-refractivity contribution in [3.63, 3.8) is 0 Å². The predicted molar refractivity (Wildman–Crippen MR) is 313 cm³/mol. The fourth-order valence-corrected chi connectivity index (χ4v) is 9.54.